The predicted molar refractivity (Wildman–Crippen MR) is 143 cm³/mol. The van der Waals surface area contributed by atoms with Crippen LogP contribution in [0.15, 0.2) is 42.5 Å². The predicted octanol–water partition coefficient (Wildman–Crippen LogP) is 4.39. The topological polar surface area (TPSA) is 154 Å². The van der Waals surface area contributed by atoms with Crippen molar-refractivity contribution >= 4 is 29.7 Å². The van der Waals surface area contributed by atoms with Gasteiger partial charge in [0.2, 0.25) is 11.7 Å². The Bertz CT molecular complexity index is 1160. The summed E-state index contributed by atoms with van der Waals surface area (Å²) in [5.41, 5.74) is 8.21. The lowest BCUT2D eigenvalue weighted by Crippen LogP contribution is -2.17. The van der Waals surface area contributed by atoms with Crippen molar-refractivity contribution in [1.82, 2.24) is 0 Å². The molecule has 5 aliphatic carbocycles. The lowest BCUT2D eigenvalue weighted by Gasteiger charge is -2.10. The van der Waals surface area contributed by atoms with Gasteiger partial charge in [0.15, 0.2) is 0 Å². The maximum atomic E-state index is 12.5. The number of carboxylic acid groups (broad SMARTS) is 1. The number of benzene rings is 1. The van der Waals surface area contributed by atoms with Crippen LogP contribution in [0.2, 0.25) is 0 Å². The summed E-state index contributed by atoms with van der Waals surface area (Å²) in [5, 5.41) is 17.6. The zero-order valence-corrected chi connectivity index (χ0v) is 23.1. The van der Waals surface area contributed by atoms with E-state index in [4.69, 9.17) is 20.5 Å². The maximum Gasteiger partial charge on any atom is 0.338 e. The van der Waals surface area contributed by atoms with Gasteiger partial charge in [-0.05, 0) is 55.6 Å². The molecular weight excluding hydrogens is 538 g/mol. The molecule has 9 nitrogen and oxygen atoms in total. The summed E-state index contributed by atoms with van der Waals surface area (Å²) in [5.74, 6) is -3.15. The van der Waals surface area contributed by atoms with Crippen LogP contribution in [0.3, 0.4) is 0 Å². The molecule has 1 aromatic rings. The van der Waals surface area contributed by atoms with Crippen molar-refractivity contribution in [3.05, 3.63) is 53.6 Å². The van der Waals surface area contributed by atoms with Gasteiger partial charge < -0.3 is 20.5 Å². The number of hydrogen-bond acceptors (Lipinski definition) is 6. The average molecular weight is 575 g/mol. The van der Waals surface area contributed by atoms with E-state index in [1.165, 1.54) is 6.92 Å². The molecule has 222 valence electrons. The first kappa shape index (κ1) is 32.0. The van der Waals surface area contributed by atoms with Crippen LogP contribution in [-0.4, -0.2) is 62.9 Å². The van der Waals surface area contributed by atoms with E-state index in [0.717, 1.165) is 31.9 Å². The maximum absolute atomic E-state index is 12.5. The van der Waals surface area contributed by atoms with Crippen molar-refractivity contribution in [3.8, 4) is 0 Å². The molecule has 0 bridgehead atoms. The molecule has 0 radical (unpaired) electrons. The van der Waals surface area contributed by atoms with E-state index in [2.05, 4.69) is 4.79 Å². The fourth-order valence-corrected chi connectivity index (χ4v) is 6.12. The van der Waals surface area contributed by atoms with Gasteiger partial charge in [-0.15, -0.1) is 0 Å². The molecule has 4 fully saturated rings. The second-order valence-corrected chi connectivity index (χ2v) is 11.2. The van der Waals surface area contributed by atoms with E-state index in [0.29, 0.717) is 29.1 Å². The Hall–Kier alpha value is -3.56. The lowest BCUT2D eigenvalue weighted by molar-refractivity contribution is -0.140. The number of carboxylic acids is 1. The monoisotopic (exact) mass is 574 g/mol. The molecule has 0 saturated heterocycles. The number of carbonyl (C=O) groups excluding carboxylic acids is 3. The van der Waals surface area contributed by atoms with Gasteiger partial charge >= 0.3 is 18.2 Å². The van der Waals surface area contributed by atoms with Crippen molar-refractivity contribution in [3.63, 3.8) is 0 Å². The smallest absolute Gasteiger partial charge is 0.338 e. The number of ketones is 2. The second kappa shape index (κ2) is 13.9. The molecule has 1 aromatic carbocycles. The largest absolute Gasteiger partial charge is 0.481 e. The van der Waals surface area contributed by atoms with Crippen LogP contribution in [0.4, 0.5) is 8.78 Å². The normalized spacial score (nSPS) is 30.7. The Morgan fingerprint density at radius 2 is 1.49 bits per heavy atom. The SMILES string of the molecule is CC(=O)C1C2CC(O)C[C@H]21.CC(=O)C=[N+]=[N-].O=C(O)C1C2CC(F)(F)C[C@@H]21.O=C(OC1CC=CC1)c1ccccc1. The fourth-order valence-electron chi connectivity index (χ4n) is 6.12. The highest BCUT2D eigenvalue weighted by Gasteiger charge is 2.65. The van der Waals surface area contributed by atoms with Crippen LogP contribution in [0.5, 0.6) is 0 Å². The van der Waals surface area contributed by atoms with Crippen LogP contribution in [0.25, 0.3) is 5.53 Å². The van der Waals surface area contributed by atoms with Crippen molar-refractivity contribution in [1.29, 1.82) is 0 Å². The van der Waals surface area contributed by atoms with Crippen molar-refractivity contribution in [2.24, 2.45) is 35.5 Å². The number of carbonyl (C=O) groups is 4. The van der Waals surface area contributed by atoms with Crippen LogP contribution in [0, 0.1) is 35.5 Å². The van der Waals surface area contributed by atoms with Crippen LogP contribution >= 0.6 is 0 Å². The number of rotatable bonds is 5. The Kier molecular flexibility index (Phi) is 10.8. The number of fused-ring (bicyclic) bond motifs is 2. The number of aliphatic hydroxyl groups is 1. The number of hydrogen-bond donors (Lipinski definition) is 2. The quantitative estimate of drug-likeness (QED) is 0.174. The summed E-state index contributed by atoms with van der Waals surface area (Å²) in [7, 11) is 0. The molecule has 11 heteroatoms. The number of nitrogens with zero attached hydrogens (tertiary/aromatic N) is 2. The van der Waals surface area contributed by atoms with E-state index >= 15 is 0 Å². The molecule has 0 spiro atoms. The second-order valence-electron chi connectivity index (χ2n) is 11.2. The molecule has 5 unspecified atom stereocenters. The van der Waals surface area contributed by atoms with Gasteiger partial charge in [-0.3, -0.25) is 14.4 Å². The van der Waals surface area contributed by atoms with Gasteiger partial charge in [0, 0.05) is 38.5 Å². The minimum absolute atomic E-state index is 0.0442. The van der Waals surface area contributed by atoms with Crippen LogP contribution in [0.1, 0.15) is 62.7 Å². The van der Waals surface area contributed by atoms with Gasteiger partial charge in [-0.1, -0.05) is 30.4 Å². The third-order valence-electron chi connectivity index (χ3n) is 8.06. The van der Waals surface area contributed by atoms with Crippen LogP contribution < -0.4 is 0 Å². The number of aliphatic carboxylic acids is 1. The minimum atomic E-state index is -2.58. The fraction of sp³-hybridized carbons (Fsp3) is 0.567. The number of halogens is 2. The van der Waals surface area contributed by atoms with Crippen molar-refractivity contribution < 1.29 is 47.7 Å². The summed E-state index contributed by atoms with van der Waals surface area (Å²) >= 11 is 0. The molecule has 0 aliphatic heterocycles. The van der Waals surface area contributed by atoms with Gasteiger partial charge in [-0.2, -0.15) is 4.79 Å². The summed E-state index contributed by atoms with van der Waals surface area (Å²) in [6, 6.07) is 9.09. The molecule has 0 amide bonds. The molecule has 6 rings (SSSR count). The minimum Gasteiger partial charge on any atom is -0.481 e. The Morgan fingerprint density at radius 1 is 0.951 bits per heavy atom. The molecule has 41 heavy (non-hydrogen) atoms. The average Bonchev–Trinajstić information content (AvgIpc) is 3.45. The van der Waals surface area contributed by atoms with Crippen molar-refractivity contribution in [2.45, 2.75) is 70.5 Å². The first-order valence-electron chi connectivity index (χ1n) is 13.7. The van der Waals surface area contributed by atoms with Gasteiger partial charge in [0.25, 0.3) is 0 Å². The Balaban J connectivity index is 0.000000156. The highest BCUT2D eigenvalue weighted by molar-refractivity contribution is 6.23. The zero-order valence-electron chi connectivity index (χ0n) is 23.1. The van der Waals surface area contributed by atoms with Gasteiger partial charge in [0.05, 0.1) is 17.6 Å². The first-order chi connectivity index (χ1) is 19.3. The molecule has 7 atom stereocenters. The lowest BCUT2D eigenvalue weighted by atomic mass is 10.1. The Labute approximate surface area is 237 Å². The van der Waals surface area contributed by atoms with E-state index in [9.17, 15) is 28.0 Å². The van der Waals surface area contributed by atoms with Crippen LogP contribution in [-0.2, 0) is 19.1 Å². The first-order valence-corrected chi connectivity index (χ1v) is 13.7. The highest BCUT2D eigenvalue weighted by Crippen LogP contribution is 2.62. The number of esters is 1. The zero-order chi connectivity index (χ0) is 30.3. The van der Waals surface area contributed by atoms with E-state index < -0.39 is 17.8 Å². The van der Waals surface area contributed by atoms with Gasteiger partial charge in [0.1, 0.15) is 11.9 Å². The van der Waals surface area contributed by atoms with E-state index in [1.54, 1.807) is 19.1 Å². The summed E-state index contributed by atoms with van der Waals surface area (Å²) in [4.78, 5) is 44.9. The summed E-state index contributed by atoms with van der Waals surface area (Å²) in [6.45, 7) is 2.97. The van der Waals surface area contributed by atoms with E-state index in [-0.39, 0.29) is 48.6 Å². The molecule has 5 aliphatic rings. The third-order valence-corrected chi connectivity index (χ3v) is 8.06. The standard InChI is InChI=1S/C12H12O2.C8H12O2.C7H8F2O2.C3H4N2O/c13-12(10-6-2-1-3-7-10)14-11-8-4-5-9-11;1-4(9)8-6-2-5(10)3-7(6)8;8-7(9)1-3-4(2-7)5(3)6(10)11;1-3(6)2-5-4/h1-7,11H,8-9H2;5-8,10H,2-3H2,1H3;3-5H,1-2H2,(H,10,11);2H,1H3/t;5?,6-,7?,8?;3-,4?,5?;/m.10./s1. The molecule has 0 heterocycles. The molecule has 2 N–H and O–H groups in total. The molecule has 4 saturated carbocycles. The third kappa shape index (κ3) is 9.23. The molecular formula is C30H36F2N2O7. The highest BCUT2D eigenvalue weighted by atomic mass is 19.3. The Morgan fingerprint density at radius 3 is 1.90 bits per heavy atom. The van der Waals surface area contributed by atoms with Gasteiger partial charge in [-0.25, -0.2) is 13.6 Å². The van der Waals surface area contributed by atoms with Crippen molar-refractivity contribution in [2.75, 3.05) is 0 Å². The molecule has 0 aromatic heterocycles. The summed E-state index contributed by atoms with van der Waals surface area (Å²) < 4.78 is 30.2. The number of aliphatic hydroxyl groups excluding tert-OH is 1. The number of Topliss-reactive ketones (excluding diaryl/α,β-unsaturated/α-hetero) is 2. The number of ether oxygens (including phenoxy) is 1. The number of alkyl halides is 2. The summed E-state index contributed by atoms with van der Waals surface area (Å²) in [6.07, 6.45) is 7.86. The van der Waals surface area contributed by atoms with E-state index in [1.807, 2.05) is 30.4 Å².